The van der Waals surface area contributed by atoms with E-state index in [4.69, 9.17) is 0 Å². The summed E-state index contributed by atoms with van der Waals surface area (Å²) in [6.45, 7) is 0. The van der Waals surface area contributed by atoms with Crippen molar-refractivity contribution >= 4 is 47.6 Å². The highest BCUT2D eigenvalue weighted by atomic mass is 15.3. The summed E-state index contributed by atoms with van der Waals surface area (Å²) >= 11 is 0. The molecule has 0 saturated carbocycles. The summed E-state index contributed by atoms with van der Waals surface area (Å²) in [5, 5.41) is 8.17. The Morgan fingerprint density at radius 3 is 1.25 bits per heavy atom. The van der Waals surface area contributed by atoms with Crippen LogP contribution in [0.2, 0.25) is 0 Å². The van der Waals surface area contributed by atoms with Crippen molar-refractivity contribution in [3.8, 4) is 0 Å². The minimum absolute atomic E-state index is 0.824. The van der Waals surface area contributed by atoms with Gasteiger partial charge in [-0.2, -0.15) is 10.2 Å². The molecule has 3 aromatic rings. The van der Waals surface area contributed by atoms with E-state index in [0.717, 1.165) is 22.7 Å². The molecule has 6 nitrogen and oxygen atoms in total. The molecule has 0 unspecified atom stereocenters. The Hall–Kier alpha value is -4.06. The zero-order valence-corrected chi connectivity index (χ0v) is 15.2. The largest absolute Gasteiger partial charge is 0.278 e. The predicted molar refractivity (Wildman–Crippen MR) is 120 cm³/mol. The van der Waals surface area contributed by atoms with E-state index in [-0.39, 0.29) is 0 Å². The molecule has 2 N–H and O–H groups in total. The first-order chi connectivity index (χ1) is 13.9. The maximum Gasteiger partial charge on any atom is 0.0655 e. The number of hydrazone groups is 2. The van der Waals surface area contributed by atoms with Gasteiger partial charge in [-0.3, -0.25) is 20.8 Å². The minimum atomic E-state index is 0.824. The fourth-order valence-corrected chi connectivity index (χ4v) is 2.18. The summed E-state index contributed by atoms with van der Waals surface area (Å²) < 4.78 is 0. The molecule has 6 heteroatoms. The SMILES string of the molecule is C(C=Nc1ccc(N=CC=NNc2ccccc2)cc1)=NNc1ccccc1. The van der Waals surface area contributed by atoms with Gasteiger partial charge in [-0.25, -0.2) is 0 Å². The molecule has 0 aliphatic heterocycles. The van der Waals surface area contributed by atoms with Crippen LogP contribution in [-0.2, 0) is 0 Å². The first-order valence-corrected chi connectivity index (χ1v) is 8.74. The van der Waals surface area contributed by atoms with Crippen molar-refractivity contribution in [3.63, 3.8) is 0 Å². The van der Waals surface area contributed by atoms with Crippen LogP contribution in [0.1, 0.15) is 0 Å². The van der Waals surface area contributed by atoms with Crippen molar-refractivity contribution in [2.24, 2.45) is 20.2 Å². The number of hydrogen-bond acceptors (Lipinski definition) is 6. The summed E-state index contributed by atoms with van der Waals surface area (Å²) in [4.78, 5) is 8.64. The lowest BCUT2D eigenvalue weighted by molar-refractivity contribution is 1.36. The number of rotatable bonds is 8. The van der Waals surface area contributed by atoms with Gasteiger partial charge in [0.25, 0.3) is 0 Å². The molecule has 28 heavy (non-hydrogen) atoms. The standard InChI is InChI=1S/C22H20N6/c1-3-7-21(8-4-1)27-25-17-15-23-19-11-13-20(14-12-19)24-16-18-26-28-22-9-5-2-6-10-22/h1-18,27-28H. The molecule has 0 aliphatic rings. The Bertz CT molecular complexity index is 865. The van der Waals surface area contributed by atoms with Gasteiger partial charge in [-0.1, -0.05) is 36.4 Å². The Kier molecular flexibility index (Phi) is 7.24. The highest BCUT2D eigenvalue weighted by Gasteiger charge is 1.89. The number of nitrogens with one attached hydrogen (secondary N) is 2. The number of para-hydroxylation sites is 2. The quantitative estimate of drug-likeness (QED) is 0.419. The van der Waals surface area contributed by atoms with Crippen molar-refractivity contribution in [3.05, 3.63) is 84.9 Å². The molecular formula is C22H20N6. The number of anilines is 2. The molecular weight excluding hydrogens is 348 g/mol. The number of benzene rings is 3. The second kappa shape index (κ2) is 10.8. The van der Waals surface area contributed by atoms with E-state index in [0.29, 0.717) is 0 Å². The lowest BCUT2D eigenvalue weighted by atomic mass is 10.3. The summed E-state index contributed by atoms with van der Waals surface area (Å²) in [6.07, 6.45) is 6.48. The molecule has 0 saturated heterocycles. The first kappa shape index (κ1) is 18.7. The molecule has 3 aromatic carbocycles. The average Bonchev–Trinajstić information content (AvgIpc) is 2.76. The van der Waals surface area contributed by atoms with Gasteiger partial charge in [0.1, 0.15) is 0 Å². The molecule has 0 aliphatic carbocycles. The van der Waals surface area contributed by atoms with Gasteiger partial charge in [0, 0.05) is 12.4 Å². The Morgan fingerprint density at radius 1 is 0.464 bits per heavy atom. The van der Waals surface area contributed by atoms with E-state index < -0.39 is 0 Å². The van der Waals surface area contributed by atoms with Crippen molar-refractivity contribution < 1.29 is 0 Å². The first-order valence-electron chi connectivity index (χ1n) is 8.74. The second-order valence-corrected chi connectivity index (χ2v) is 5.58. The monoisotopic (exact) mass is 368 g/mol. The highest BCUT2D eigenvalue weighted by molar-refractivity contribution is 6.17. The number of aliphatic imine (C=N–C) groups is 2. The van der Waals surface area contributed by atoms with Crippen LogP contribution in [0.25, 0.3) is 0 Å². The van der Waals surface area contributed by atoms with E-state index >= 15 is 0 Å². The molecule has 138 valence electrons. The molecule has 3 rings (SSSR count). The Balaban J connectivity index is 1.44. The zero-order valence-electron chi connectivity index (χ0n) is 15.2. The van der Waals surface area contributed by atoms with Gasteiger partial charge in [-0.15, -0.1) is 0 Å². The fourth-order valence-electron chi connectivity index (χ4n) is 2.18. The van der Waals surface area contributed by atoms with Crippen LogP contribution in [0.4, 0.5) is 22.7 Å². The van der Waals surface area contributed by atoms with Gasteiger partial charge in [0.05, 0.1) is 35.2 Å². The Labute approximate surface area is 164 Å². The van der Waals surface area contributed by atoms with Gasteiger partial charge in [0.2, 0.25) is 0 Å². The van der Waals surface area contributed by atoms with Gasteiger partial charge < -0.3 is 0 Å². The molecule has 0 radical (unpaired) electrons. The van der Waals surface area contributed by atoms with Crippen molar-refractivity contribution in [2.75, 3.05) is 10.9 Å². The third kappa shape index (κ3) is 6.68. The zero-order chi connectivity index (χ0) is 19.3. The van der Waals surface area contributed by atoms with Crippen molar-refractivity contribution in [1.82, 2.24) is 0 Å². The molecule has 0 aromatic heterocycles. The van der Waals surface area contributed by atoms with Crippen LogP contribution < -0.4 is 10.9 Å². The third-order valence-corrected chi connectivity index (χ3v) is 3.51. The molecule has 0 spiro atoms. The van der Waals surface area contributed by atoms with Crippen molar-refractivity contribution in [2.45, 2.75) is 0 Å². The normalized spacial score (nSPS) is 11.7. The van der Waals surface area contributed by atoms with Crippen LogP contribution >= 0.6 is 0 Å². The predicted octanol–water partition coefficient (Wildman–Crippen LogP) is 5.29. The summed E-state index contributed by atoms with van der Waals surface area (Å²) in [5.74, 6) is 0. The van der Waals surface area contributed by atoms with Crippen molar-refractivity contribution in [1.29, 1.82) is 0 Å². The summed E-state index contributed by atoms with van der Waals surface area (Å²) in [7, 11) is 0. The van der Waals surface area contributed by atoms with Gasteiger partial charge in [-0.05, 0) is 48.5 Å². The molecule has 0 heterocycles. The third-order valence-electron chi connectivity index (χ3n) is 3.51. The maximum atomic E-state index is 4.32. The van der Waals surface area contributed by atoms with Crippen LogP contribution in [0.15, 0.2) is 105 Å². The topological polar surface area (TPSA) is 73.5 Å². The van der Waals surface area contributed by atoms with E-state index in [1.807, 2.05) is 84.9 Å². The number of hydrogen-bond donors (Lipinski definition) is 2. The average molecular weight is 368 g/mol. The molecule has 0 amide bonds. The van der Waals surface area contributed by atoms with Crippen LogP contribution in [0.3, 0.4) is 0 Å². The smallest absolute Gasteiger partial charge is 0.0655 e. The van der Waals surface area contributed by atoms with Gasteiger partial charge in [0.15, 0.2) is 0 Å². The van der Waals surface area contributed by atoms with E-state index in [2.05, 4.69) is 31.0 Å². The molecule has 0 atom stereocenters. The van der Waals surface area contributed by atoms with E-state index in [1.54, 1.807) is 24.9 Å². The fraction of sp³-hybridized carbons (Fsp3) is 0. The molecule has 0 bridgehead atoms. The number of nitrogens with zero attached hydrogens (tertiary/aromatic N) is 4. The minimum Gasteiger partial charge on any atom is -0.278 e. The Morgan fingerprint density at radius 2 is 0.857 bits per heavy atom. The van der Waals surface area contributed by atoms with Crippen LogP contribution in [0.5, 0.6) is 0 Å². The summed E-state index contributed by atoms with van der Waals surface area (Å²) in [5.41, 5.74) is 9.35. The second-order valence-electron chi connectivity index (χ2n) is 5.58. The van der Waals surface area contributed by atoms with Crippen LogP contribution in [-0.4, -0.2) is 24.9 Å². The highest BCUT2D eigenvalue weighted by Crippen LogP contribution is 2.17. The lowest BCUT2D eigenvalue weighted by Crippen LogP contribution is -1.88. The summed E-state index contributed by atoms with van der Waals surface area (Å²) in [6, 6.07) is 27.0. The van der Waals surface area contributed by atoms with Crippen LogP contribution in [0, 0.1) is 0 Å². The lowest BCUT2D eigenvalue weighted by Gasteiger charge is -1.97. The molecule has 0 fully saturated rings. The van der Waals surface area contributed by atoms with Gasteiger partial charge >= 0.3 is 0 Å². The van der Waals surface area contributed by atoms with E-state index in [1.165, 1.54) is 0 Å². The van der Waals surface area contributed by atoms with E-state index in [9.17, 15) is 0 Å². The maximum absolute atomic E-state index is 4.32.